The van der Waals surface area contributed by atoms with Crippen LogP contribution in [0.1, 0.15) is 41.5 Å². The summed E-state index contributed by atoms with van der Waals surface area (Å²) < 4.78 is 5.52. The molecular weight excluding hydrogens is 224 g/mol. The summed E-state index contributed by atoms with van der Waals surface area (Å²) in [6, 6.07) is 4.31. The van der Waals surface area contributed by atoms with E-state index in [1.807, 2.05) is 0 Å². The maximum Gasteiger partial charge on any atom is 0.139 e. The number of aryl methyl sites for hydroxylation is 3. The van der Waals surface area contributed by atoms with E-state index in [0.29, 0.717) is 18.6 Å². The van der Waals surface area contributed by atoms with E-state index < -0.39 is 0 Å². The zero-order chi connectivity index (χ0) is 13.1. The lowest BCUT2D eigenvalue weighted by Gasteiger charge is -2.12. The Morgan fingerprint density at radius 2 is 1.94 bits per heavy atom. The Balaban J connectivity index is 2.02. The van der Waals surface area contributed by atoms with Crippen LogP contribution in [0.15, 0.2) is 12.1 Å². The second-order valence-corrected chi connectivity index (χ2v) is 5.43. The van der Waals surface area contributed by atoms with Crippen molar-refractivity contribution in [3.63, 3.8) is 0 Å². The van der Waals surface area contributed by atoms with Crippen LogP contribution in [0.25, 0.3) is 0 Å². The van der Waals surface area contributed by atoms with Crippen molar-refractivity contribution in [2.75, 3.05) is 6.61 Å². The van der Waals surface area contributed by atoms with Gasteiger partial charge in [0.15, 0.2) is 0 Å². The molecule has 0 saturated carbocycles. The maximum atomic E-state index is 12.1. The van der Waals surface area contributed by atoms with Crippen LogP contribution in [-0.2, 0) is 16.0 Å². The number of ether oxygens (including phenoxy) is 1. The van der Waals surface area contributed by atoms with Crippen molar-refractivity contribution in [3.05, 3.63) is 34.4 Å². The Kier molecular flexibility index (Phi) is 4.18. The van der Waals surface area contributed by atoms with Gasteiger partial charge in [-0.25, -0.2) is 0 Å². The van der Waals surface area contributed by atoms with Gasteiger partial charge in [-0.2, -0.15) is 0 Å². The van der Waals surface area contributed by atoms with Gasteiger partial charge in [0, 0.05) is 19.4 Å². The van der Waals surface area contributed by atoms with Crippen LogP contribution in [-0.4, -0.2) is 18.5 Å². The molecule has 18 heavy (non-hydrogen) atoms. The van der Waals surface area contributed by atoms with Crippen molar-refractivity contribution in [2.24, 2.45) is 0 Å². The third kappa shape index (κ3) is 3.20. The maximum absolute atomic E-state index is 12.1. The van der Waals surface area contributed by atoms with E-state index in [1.54, 1.807) is 0 Å². The van der Waals surface area contributed by atoms with Crippen LogP contribution in [0.4, 0.5) is 0 Å². The quantitative estimate of drug-likeness (QED) is 0.815. The number of carbonyl (C=O) groups is 1. The SMILES string of the molecule is Cc1cc(C)c(CC(=O)CC2CCCO2)c(C)c1. The van der Waals surface area contributed by atoms with Gasteiger partial charge in [-0.1, -0.05) is 17.7 Å². The summed E-state index contributed by atoms with van der Waals surface area (Å²) in [6.07, 6.45) is 3.44. The molecule has 1 aliphatic heterocycles. The zero-order valence-electron chi connectivity index (χ0n) is 11.6. The highest BCUT2D eigenvalue weighted by molar-refractivity contribution is 5.82. The Bertz CT molecular complexity index is 419. The minimum absolute atomic E-state index is 0.170. The molecule has 1 aromatic carbocycles. The second-order valence-electron chi connectivity index (χ2n) is 5.43. The fourth-order valence-electron chi connectivity index (χ4n) is 2.82. The molecule has 2 nitrogen and oxygen atoms in total. The zero-order valence-corrected chi connectivity index (χ0v) is 11.6. The first-order chi connectivity index (χ1) is 8.56. The van der Waals surface area contributed by atoms with Crippen molar-refractivity contribution in [1.29, 1.82) is 0 Å². The molecule has 1 heterocycles. The Morgan fingerprint density at radius 1 is 1.28 bits per heavy atom. The summed E-state index contributed by atoms with van der Waals surface area (Å²) in [6.45, 7) is 7.10. The third-order valence-electron chi connectivity index (χ3n) is 3.69. The first kappa shape index (κ1) is 13.3. The molecular formula is C16H22O2. The van der Waals surface area contributed by atoms with Crippen LogP contribution >= 0.6 is 0 Å². The molecule has 2 rings (SSSR count). The summed E-state index contributed by atoms with van der Waals surface area (Å²) in [5, 5.41) is 0. The predicted octanol–water partition coefficient (Wildman–Crippen LogP) is 3.29. The van der Waals surface area contributed by atoms with Crippen LogP contribution in [0.3, 0.4) is 0 Å². The fraction of sp³-hybridized carbons (Fsp3) is 0.562. The van der Waals surface area contributed by atoms with Crippen molar-refractivity contribution >= 4 is 5.78 Å². The molecule has 0 radical (unpaired) electrons. The first-order valence-electron chi connectivity index (χ1n) is 6.76. The Morgan fingerprint density at radius 3 is 2.50 bits per heavy atom. The second kappa shape index (κ2) is 5.66. The van der Waals surface area contributed by atoms with Crippen molar-refractivity contribution in [3.8, 4) is 0 Å². The van der Waals surface area contributed by atoms with Crippen LogP contribution in [0.5, 0.6) is 0 Å². The highest BCUT2D eigenvalue weighted by Crippen LogP contribution is 2.20. The molecule has 98 valence electrons. The van der Waals surface area contributed by atoms with E-state index in [-0.39, 0.29) is 6.10 Å². The predicted molar refractivity (Wildman–Crippen MR) is 73.0 cm³/mol. The van der Waals surface area contributed by atoms with Crippen molar-refractivity contribution in [2.45, 2.75) is 52.6 Å². The van der Waals surface area contributed by atoms with Gasteiger partial charge >= 0.3 is 0 Å². The fourth-order valence-corrected chi connectivity index (χ4v) is 2.82. The largest absolute Gasteiger partial charge is 0.378 e. The molecule has 2 heteroatoms. The van der Waals surface area contributed by atoms with Gasteiger partial charge in [0.05, 0.1) is 6.10 Å². The lowest BCUT2D eigenvalue weighted by molar-refractivity contribution is -0.120. The van der Waals surface area contributed by atoms with Gasteiger partial charge in [-0.3, -0.25) is 4.79 Å². The number of carbonyl (C=O) groups excluding carboxylic acids is 1. The summed E-state index contributed by atoms with van der Waals surface area (Å²) in [4.78, 5) is 12.1. The molecule has 0 spiro atoms. The van der Waals surface area contributed by atoms with Gasteiger partial charge in [-0.15, -0.1) is 0 Å². The van der Waals surface area contributed by atoms with Crippen LogP contribution < -0.4 is 0 Å². The molecule has 0 aromatic heterocycles. The molecule has 1 atom stereocenters. The van der Waals surface area contributed by atoms with Gasteiger partial charge in [0.1, 0.15) is 5.78 Å². The molecule has 1 fully saturated rings. The summed E-state index contributed by atoms with van der Waals surface area (Å²) in [7, 11) is 0. The van der Waals surface area contributed by atoms with E-state index in [1.165, 1.54) is 22.3 Å². The van der Waals surface area contributed by atoms with E-state index in [2.05, 4.69) is 32.9 Å². The lowest BCUT2D eigenvalue weighted by Crippen LogP contribution is -2.15. The number of benzene rings is 1. The summed E-state index contributed by atoms with van der Waals surface area (Å²) in [5.41, 5.74) is 4.92. The average molecular weight is 246 g/mol. The molecule has 1 saturated heterocycles. The molecule has 1 unspecified atom stereocenters. The Labute approximate surface area is 109 Å². The van der Waals surface area contributed by atoms with E-state index in [0.717, 1.165) is 19.4 Å². The minimum atomic E-state index is 0.170. The number of Topliss-reactive ketones (excluding diaryl/α,β-unsaturated/α-hetero) is 1. The number of rotatable bonds is 4. The van der Waals surface area contributed by atoms with E-state index in [9.17, 15) is 4.79 Å². The number of ketones is 1. The molecule has 0 N–H and O–H groups in total. The first-order valence-corrected chi connectivity index (χ1v) is 6.76. The van der Waals surface area contributed by atoms with Crippen LogP contribution in [0, 0.1) is 20.8 Å². The molecule has 0 aliphatic carbocycles. The third-order valence-corrected chi connectivity index (χ3v) is 3.69. The average Bonchev–Trinajstić information content (AvgIpc) is 2.76. The van der Waals surface area contributed by atoms with Gasteiger partial charge in [0.25, 0.3) is 0 Å². The monoisotopic (exact) mass is 246 g/mol. The van der Waals surface area contributed by atoms with Crippen molar-refractivity contribution in [1.82, 2.24) is 0 Å². The van der Waals surface area contributed by atoms with Gasteiger partial charge in [-0.05, 0) is 50.3 Å². The number of hydrogen-bond donors (Lipinski definition) is 0. The van der Waals surface area contributed by atoms with E-state index >= 15 is 0 Å². The van der Waals surface area contributed by atoms with Gasteiger partial charge in [0.2, 0.25) is 0 Å². The minimum Gasteiger partial charge on any atom is -0.378 e. The molecule has 0 bridgehead atoms. The summed E-state index contributed by atoms with van der Waals surface area (Å²) in [5.74, 6) is 0.303. The molecule has 1 aliphatic rings. The topological polar surface area (TPSA) is 26.3 Å². The standard InChI is InChI=1S/C16H22O2/c1-11-7-12(2)16(13(3)8-11)10-14(17)9-15-5-4-6-18-15/h7-8,15H,4-6,9-10H2,1-3H3. The molecule has 0 amide bonds. The summed E-state index contributed by atoms with van der Waals surface area (Å²) >= 11 is 0. The highest BCUT2D eigenvalue weighted by Gasteiger charge is 2.19. The highest BCUT2D eigenvalue weighted by atomic mass is 16.5. The number of hydrogen-bond acceptors (Lipinski definition) is 2. The smallest absolute Gasteiger partial charge is 0.139 e. The normalized spacial score (nSPS) is 19.2. The van der Waals surface area contributed by atoms with Crippen molar-refractivity contribution < 1.29 is 9.53 Å². The lowest BCUT2D eigenvalue weighted by atomic mass is 9.94. The van der Waals surface area contributed by atoms with Gasteiger partial charge < -0.3 is 4.74 Å². The Hall–Kier alpha value is -1.15. The molecule has 1 aromatic rings. The van der Waals surface area contributed by atoms with Crippen LogP contribution in [0.2, 0.25) is 0 Å². The van der Waals surface area contributed by atoms with E-state index in [4.69, 9.17) is 4.74 Å².